The van der Waals surface area contributed by atoms with E-state index >= 15 is 0 Å². The van der Waals surface area contributed by atoms with E-state index in [0.717, 1.165) is 31.5 Å². The lowest BCUT2D eigenvalue weighted by Gasteiger charge is -2.35. The fourth-order valence-corrected chi connectivity index (χ4v) is 3.40. The fraction of sp³-hybridized carbons (Fsp3) is 0.588. The van der Waals surface area contributed by atoms with Crippen LogP contribution in [0.3, 0.4) is 0 Å². The topological polar surface area (TPSA) is 44.8 Å². The highest BCUT2D eigenvalue weighted by atomic mass is 35.5. The molecule has 1 aliphatic rings. The van der Waals surface area contributed by atoms with Crippen LogP contribution in [0.5, 0.6) is 0 Å². The van der Waals surface area contributed by atoms with Gasteiger partial charge < -0.3 is 19.9 Å². The van der Waals surface area contributed by atoms with Crippen molar-refractivity contribution in [3.05, 3.63) is 33.8 Å². The Bertz CT molecular complexity index is 563. The van der Waals surface area contributed by atoms with Crippen LogP contribution in [0.15, 0.2) is 18.2 Å². The predicted molar refractivity (Wildman–Crippen MR) is 97.9 cm³/mol. The molecule has 5 nitrogen and oxygen atoms in total. The number of carbonyl (C=O) groups excluding carboxylic acids is 1. The lowest BCUT2D eigenvalue weighted by Crippen LogP contribution is -2.49. The molecule has 1 unspecified atom stereocenters. The second-order valence-electron chi connectivity index (χ2n) is 6.25. The van der Waals surface area contributed by atoms with Crippen LogP contribution in [0.25, 0.3) is 0 Å². The number of amides is 2. The molecular formula is C17H25Cl2N3O2. The van der Waals surface area contributed by atoms with Gasteiger partial charge in [0.25, 0.3) is 0 Å². The van der Waals surface area contributed by atoms with E-state index in [0.29, 0.717) is 16.7 Å². The van der Waals surface area contributed by atoms with Crippen LogP contribution in [-0.2, 0) is 4.74 Å². The number of ether oxygens (including phenoxy) is 1. The highest BCUT2D eigenvalue weighted by molar-refractivity contribution is 6.42. The minimum Gasteiger partial charge on any atom is -0.382 e. The molecule has 7 heteroatoms. The first-order valence-electron chi connectivity index (χ1n) is 8.08. The molecule has 2 rings (SSSR count). The summed E-state index contributed by atoms with van der Waals surface area (Å²) in [6, 6.07) is 5.18. The number of benzene rings is 1. The zero-order chi connectivity index (χ0) is 17.7. The third-order valence-electron chi connectivity index (χ3n) is 4.54. The molecule has 0 aromatic heterocycles. The third kappa shape index (κ3) is 4.76. The van der Waals surface area contributed by atoms with Gasteiger partial charge in [0.15, 0.2) is 0 Å². The SMILES string of the molecule is COCC(NC(=O)N(C)C1CCN(C)CC1)c1cccc(Cl)c1Cl. The van der Waals surface area contributed by atoms with Gasteiger partial charge in [-0.15, -0.1) is 0 Å². The highest BCUT2D eigenvalue weighted by Crippen LogP contribution is 2.30. The first kappa shape index (κ1) is 19.3. The molecule has 1 heterocycles. The van der Waals surface area contributed by atoms with E-state index in [1.165, 1.54) is 0 Å². The van der Waals surface area contributed by atoms with Gasteiger partial charge in [0, 0.05) is 20.2 Å². The number of hydrogen-bond acceptors (Lipinski definition) is 3. The van der Waals surface area contributed by atoms with Gasteiger partial charge in [-0.05, 0) is 44.6 Å². The second kappa shape index (κ2) is 8.90. The summed E-state index contributed by atoms with van der Waals surface area (Å²) >= 11 is 12.4. The quantitative estimate of drug-likeness (QED) is 0.859. The van der Waals surface area contributed by atoms with Crippen molar-refractivity contribution < 1.29 is 9.53 Å². The van der Waals surface area contributed by atoms with E-state index in [1.807, 2.05) is 19.2 Å². The lowest BCUT2D eigenvalue weighted by atomic mass is 10.0. The van der Waals surface area contributed by atoms with Crippen molar-refractivity contribution in [3.63, 3.8) is 0 Å². The summed E-state index contributed by atoms with van der Waals surface area (Å²) in [5.41, 5.74) is 0.760. The minimum absolute atomic E-state index is 0.123. The summed E-state index contributed by atoms with van der Waals surface area (Å²) in [7, 11) is 5.54. The van der Waals surface area contributed by atoms with Gasteiger partial charge in [0.1, 0.15) is 0 Å². The Morgan fingerprint density at radius 2 is 2.08 bits per heavy atom. The summed E-state index contributed by atoms with van der Waals surface area (Å²) in [4.78, 5) is 16.7. The van der Waals surface area contributed by atoms with Crippen molar-refractivity contribution in [2.45, 2.75) is 24.9 Å². The molecule has 2 amide bonds. The maximum absolute atomic E-state index is 12.6. The predicted octanol–water partition coefficient (Wildman–Crippen LogP) is 3.42. The van der Waals surface area contributed by atoms with E-state index in [2.05, 4.69) is 17.3 Å². The van der Waals surface area contributed by atoms with E-state index < -0.39 is 0 Å². The maximum Gasteiger partial charge on any atom is 0.317 e. The average Bonchev–Trinajstić information content (AvgIpc) is 2.57. The first-order chi connectivity index (χ1) is 11.4. The van der Waals surface area contributed by atoms with Crippen LogP contribution in [0, 0.1) is 0 Å². The number of hydrogen-bond donors (Lipinski definition) is 1. The maximum atomic E-state index is 12.6. The normalized spacial score (nSPS) is 17.5. The van der Waals surface area contributed by atoms with Gasteiger partial charge in [0.05, 0.1) is 22.7 Å². The molecule has 1 aliphatic heterocycles. The van der Waals surface area contributed by atoms with Crippen LogP contribution in [-0.4, -0.2) is 62.8 Å². The van der Waals surface area contributed by atoms with E-state index in [4.69, 9.17) is 27.9 Å². The summed E-state index contributed by atoms with van der Waals surface area (Å²) in [6.07, 6.45) is 1.96. The summed E-state index contributed by atoms with van der Waals surface area (Å²) in [5.74, 6) is 0. The van der Waals surface area contributed by atoms with Gasteiger partial charge in [0.2, 0.25) is 0 Å². The zero-order valence-corrected chi connectivity index (χ0v) is 15.9. The molecule has 1 N–H and O–H groups in total. The molecule has 134 valence electrons. The molecule has 1 aromatic carbocycles. The molecule has 24 heavy (non-hydrogen) atoms. The Morgan fingerprint density at radius 3 is 2.71 bits per heavy atom. The summed E-state index contributed by atoms with van der Waals surface area (Å²) in [5, 5.41) is 3.93. The van der Waals surface area contributed by atoms with Crippen LogP contribution in [0.2, 0.25) is 10.0 Å². The average molecular weight is 374 g/mol. The minimum atomic E-state index is -0.345. The van der Waals surface area contributed by atoms with Crippen molar-refractivity contribution in [1.82, 2.24) is 15.1 Å². The first-order valence-corrected chi connectivity index (χ1v) is 8.84. The molecule has 0 aliphatic carbocycles. The molecular weight excluding hydrogens is 349 g/mol. The molecule has 1 aromatic rings. The van der Waals surface area contributed by atoms with E-state index in [-0.39, 0.29) is 18.1 Å². The zero-order valence-electron chi connectivity index (χ0n) is 14.4. The Hall–Kier alpha value is -1.01. The molecule has 1 atom stereocenters. The molecule has 0 spiro atoms. The van der Waals surface area contributed by atoms with Gasteiger partial charge >= 0.3 is 6.03 Å². The molecule has 0 bridgehead atoms. The molecule has 1 fully saturated rings. The van der Waals surface area contributed by atoms with Gasteiger partial charge in [-0.1, -0.05) is 35.3 Å². The monoisotopic (exact) mass is 373 g/mol. The number of halogens is 2. The fourth-order valence-electron chi connectivity index (χ4n) is 2.96. The number of nitrogens with one attached hydrogen (secondary N) is 1. The Labute approximate surface area is 153 Å². The van der Waals surface area contributed by atoms with Crippen molar-refractivity contribution in [3.8, 4) is 0 Å². The van der Waals surface area contributed by atoms with Gasteiger partial charge in [-0.2, -0.15) is 0 Å². The van der Waals surface area contributed by atoms with Crippen LogP contribution < -0.4 is 5.32 Å². The molecule has 1 saturated heterocycles. The standard InChI is InChI=1S/C17H25Cl2N3O2/c1-21-9-7-12(8-10-21)22(2)17(23)20-15(11-24-3)13-5-4-6-14(18)16(13)19/h4-6,12,15H,7-11H2,1-3H3,(H,20,23). The highest BCUT2D eigenvalue weighted by Gasteiger charge is 2.26. The lowest BCUT2D eigenvalue weighted by molar-refractivity contribution is 0.133. The summed E-state index contributed by atoms with van der Waals surface area (Å²) in [6.45, 7) is 2.33. The number of methoxy groups -OCH3 is 1. The van der Waals surface area contributed by atoms with Gasteiger partial charge in [-0.3, -0.25) is 0 Å². The Balaban J connectivity index is 2.06. The Morgan fingerprint density at radius 1 is 1.42 bits per heavy atom. The number of likely N-dealkylation sites (tertiary alicyclic amines) is 1. The Kier molecular flexibility index (Phi) is 7.16. The van der Waals surface area contributed by atoms with E-state index in [1.54, 1.807) is 18.1 Å². The van der Waals surface area contributed by atoms with Crippen molar-refractivity contribution in [2.24, 2.45) is 0 Å². The smallest absolute Gasteiger partial charge is 0.317 e. The largest absolute Gasteiger partial charge is 0.382 e. The number of carbonyl (C=O) groups is 1. The van der Waals surface area contributed by atoms with Crippen LogP contribution in [0.1, 0.15) is 24.4 Å². The number of rotatable bonds is 5. The third-order valence-corrected chi connectivity index (χ3v) is 5.38. The number of nitrogens with zero attached hydrogens (tertiary/aromatic N) is 2. The number of piperidine rings is 1. The van der Waals surface area contributed by atoms with Crippen molar-refractivity contribution in [1.29, 1.82) is 0 Å². The van der Waals surface area contributed by atoms with Crippen LogP contribution >= 0.6 is 23.2 Å². The van der Waals surface area contributed by atoms with Crippen molar-refractivity contribution >= 4 is 29.2 Å². The van der Waals surface area contributed by atoms with Gasteiger partial charge in [-0.25, -0.2) is 4.79 Å². The van der Waals surface area contributed by atoms with E-state index in [9.17, 15) is 4.79 Å². The molecule has 0 saturated carbocycles. The van der Waals surface area contributed by atoms with Crippen molar-refractivity contribution in [2.75, 3.05) is 40.9 Å². The molecule has 0 radical (unpaired) electrons. The van der Waals surface area contributed by atoms with Crippen LogP contribution in [0.4, 0.5) is 4.79 Å². The summed E-state index contributed by atoms with van der Waals surface area (Å²) < 4.78 is 5.25. The second-order valence-corrected chi connectivity index (χ2v) is 7.03. The number of urea groups is 1.